The first kappa shape index (κ1) is 21.6. The van der Waals surface area contributed by atoms with Crippen molar-refractivity contribution in [2.45, 2.75) is 64.8 Å². The fourth-order valence-electron chi connectivity index (χ4n) is 5.52. The molecule has 1 aromatic carbocycles. The highest BCUT2D eigenvalue weighted by Crippen LogP contribution is 2.42. The molecule has 1 N–H and O–H groups in total. The molecular weight excluding hydrogens is 416 g/mol. The van der Waals surface area contributed by atoms with Gasteiger partial charge in [-0.3, -0.25) is 14.6 Å². The van der Waals surface area contributed by atoms with Crippen molar-refractivity contribution in [3.8, 4) is 0 Å². The first-order valence-corrected chi connectivity index (χ1v) is 12.0. The van der Waals surface area contributed by atoms with Gasteiger partial charge in [-0.2, -0.15) is 10.2 Å². The quantitative estimate of drug-likeness (QED) is 0.552. The van der Waals surface area contributed by atoms with E-state index in [2.05, 4.69) is 22.2 Å². The smallest absolute Gasteiger partial charge is 0.358 e. The van der Waals surface area contributed by atoms with Gasteiger partial charge in [0, 0.05) is 29.5 Å². The van der Waals surface area contributed by atoms with E-state index in [1.165, 1.54) is 19.3 Å². The van der Waals surface area contributed by atoms with Crippen molar-refractivity contribution in [2.24, 2.45) is 5.92 Å². The summed E-state index contributed by atoms with van der Waals surface area (Å²) < 4.78 is 7.15. The maximum atomic E-state index is 13.7. The van der Waals surface area contributed by atoms with Crippen LogP contribution in [0.15, 0.2) is 41.6 Å². The Morgan fingerprint density at radius 1 is 1.18 bits per heavy atom. The summed E-state index contributed by atoms with van der Waals surface area (Å²) in [6.45, 7) is 4.17. The molecule has 1 saturated carbocycles. The fraction of sp³-hybridized carbons (Fsp3) is 0.462. The number of fused-ring (bicyclic) bond motifs is 2. The summed E-state index contributed by atoms with van der Waals surface area (Å²) >= 11 is 0. The van der Waals surface area contributed by atoms with Gasteiger partial charge in [0.25, 0.3) is 0 Å². The second-order valence-corrected chi connectivity index (χ2v) is 9.29. The van der Waals surface area contributed by atoms with Crippen molar-refractivity contribution >= 4 is 22.7 Å². The van der Waals surface area contributed by atoms with Gasteiger partial charge in [-0.15, -0.1) is 0 Å². The predicted molar refractivity (Wildman–Crippen MR) is 125 cm³/mol. The van der Waals surface area contributed by atoms with Crippen LogP contribution in [0.4, 0.5) is 0 Å². The first-order valence-electron chi connectivity index (χ1n) is 12.0. The van der Waals surface area contributed by atoms with Crippen LogP contribution >= 0.6 is 0 Å². The van der Waals surface area contributed by atoms with Crippen LogP contribution in [0.1, 0.15) is 73.7 Å². The molecule has 2 aliphatic rings. The first-order chi connectivity index (χ1) is 16.0. The molecule has 33 heavy (non-hydrogen) atoms. The molecule has 7 heteroatoms. The van der Waals surface area contributed by atoms with E-state index in [1.54, 1.807) is 13.1 Å². The van der Waals surface area contributed by atoms with Gasteiger partial charge >= 0.3 is 5.97 Å². The van der Waals surface area contributed by atoms with Crippen molar-refractivity contribution in [3.63, 3.8) is 0 Å². The number of ether oxygens (including phenoxy) is 1. The molecule has 0 spiro atoms. The number of carbonyl (C=O) groups is 2. The molecule has 3 heterocycles. The Bertz CT molecular complexity index is 1230. The number of ketones is 1. The number of nitrogens with zero attached hydrogens (tertiary/aromatic N) is 3. The molecule has 0 amide bonds. The lowest BCUT2D eigenvalue weighted by Gasteiger charge is -2.36. The van der Waals surface area contributed by atoms with Crippen LogP contribution in [-0.2, 0) is 22.4 Å². The zero-order valence-corrected chi connectivity index (χ0v) is 19.3. The molecule has 2 aromatic heterocycles. The summed E-state index contributed by atoms with van der Waals surface area (Å²) in [6.07, 6.45) is 8.47. The average Bonchev–Trinajstić information content (AvgIpc) is 3.45. The molecule has 1 atom stereocenters. The molecule has 1 aliphatic heterocycles. The lowest BCUT2D eigenvalue weighted by molar-refractivity contribution is -0.115. The van der Waals surface area contributed by atoms with Gasteiger partial charge in [0.1, 0.15) is 0 Å². The second-order valence-electron chi connectivity index (χ2n) is 9.29. The molecule has 5 rings (SSSR count). The summed E-state index contributed by atoms with van der Waals surface area (Å²) in [4.78, 5) is 26.1. The topological polar surface area (TPSA) is 89.9 Å². The van der Waals surface area contributed by atoms with E-state index in [0.29, 0.717) is 31.1 Å². The Morgan fingerprint density at radius 2 is 2.00 bits per heavy atom. The van der Waals surface area contributed by atoms with E-state index in [9.17, 15) is 9.59 Å². The highest BCUT2D eigenvalue weighted by molar-refractivity contribution is 5.99. The predicted octanol–water partition coefficient (Wildman–Crippen LogP) is 4.74. The van der Waals surface area contributed by atoms with Crippen molar-refractivity contribution < 1.29 is 14.3 Å². The van der Waals surface area contributed by atoms with E-state index in [-0.39, 0.29) is 11.8 Å². The Labute approximate surface area is 193 Å². The number of benzene rings is 1. The summed E-state index contributed by atoms with van der Waals surface area (Å²) in [5.41, 5.74) is 5.23. The van der Waals surface area contributed by atoms with Crippen molar-refractivity contribution in [1.29, 1.82) is 0 Å². The molecule has 7 nitrogen and oxygen atoms in total. The van der Waals surface area contributed by atoms with Gasteiger partial charge in [-0.25, -0.2) is 4.79 Å². The molecule has 3 aromatic rings. The normalized spacial score (nSPS) is 19.0. The van der Waals surface area contributed by atoms with Crippen LogP contribution in [0.2, 0.25) is 0 Å². The summed E-state index contributed by atoms with van der Waals surface area (Å²) in [5.74, 6) is 0.0866. The van der Waals surface area contributed by atoms with Gasteiger partial charge in [0.2, 0.25) is 0 Å². The zero-order chi connectivity index (χ0) is 22.9. The lowest BCUT2D eigenvalue weighted by Crippen LogP contribution is -2.33. The Hall–Kier alpha value is -3.22. The van der Waals surface area contributed by atoms with E-state index >= 15 is 0 Å². The number of Topliss-reactive ketones (excluding diaryl/α,β-unsaturated/α-hetero) is 1. The average molecular weight is 447 g/mol. The molecule has 1 unspecified atom stereocenters. The third-order valence-electron chi connectivity index (χ3n) is 7.03. The third-order valence-corrected chi connectivity index (χ3v) is 7.03. The van der Waals surface area contributed by atoms with Crippen molar-refractivity contribution in [1.82, 2.24) is 20.0 Å². The molecule has 172 valence electrons. The highest BCUT2D eigenvalue weighted by atomic mass is 16.5. The summed E-state index contributed by atoms with van der Waals surface area (Å²) in [5, 5.41) is 12.7. The molecule has 0 bridgehead atoms. The van der Waals surface area contributed by atoms with E-state index in [1.807, 2.05) is 28.9 Å². The lowest BCUT2D eigenvalue weighted by atomic mass is 9.76. The summed E-state index contributed by atoms with van der Waals surface area (Å²) in [7, 11) is 0. The number of rotatable bonds is 6. The maximum absolute atomic E-state index is 13.7. The Morgan fingerprint density at radius 3 is 2.79 bits per heavy atom. The summed E-state index contributed by atoms with van der Waals surface area (Å²) in [6, 6.07) is 7.71. The number of hydrogen-bond acceptors (Lipinski definition) is 5. The largest absolute Gasteiger partial charge is 0.461 e. The number of carbonyl (C=O) groups excluding carboxylic acids is 2. The fourth-order valence-corrected chi connectivity index (χ4v) is 5.52. The minimum atomic E-state index is -0.402. The third kappa shape index (κ3) is 4.12. The van der Waals surface area contributed by atoms with E-state index in [4.69, 9.17) is 4.74 Å². The number of esters is 1. The molecule has 1 fully saturated rings. The van der Waals surface area contributed by atoms with Crippen LogP contribution in [0.3, 0.4) is 0 Å². The SMILES string of the molecule is CCOC(=O)c1cc2n(n1)C(C1CCCCC1)C(C(=O)Cc1ccc3[nH]ncc3c1)=C(C)C2. The van der Waals surface area contributed by atoms with Gasteiger partial charge in [-0.05, 0) is 56.4 Å². The van der Waals surface area contributed by atoms with Crippen molar-refractivity contribution in [2.75, 3.05) is 6.61 Å². The Balaban J connectivity index is 1.50. The maximum Gasteiger partial charge on any atom is 0.358 e. The molecule has 1 aliphatic carbocycles. The van der Waals surface area contributed by atoms with Crippen LogP contribution in [0.5, 0.6) is 0 Å². The van der Waals surface area contributed by atoms with Crippen LogP contribution < -0.4 is 0 Å². The number of aromatic nitrogens is 4. The Kier molecular flexibility index (Phi) is 5.87. The minimum Gasteiger partial charge on any atom is -0.461 e. The van der Waals surface area contributed by atoms with E-state index < -0.39 is 5.97 Å². The molecular formula is C26H30N4O3. The number of allylic oxidation sites excluding steroid dienone is 2. The number of H-pyrrole nitrogens is 1. The highest BCUT2D eigenvalue weighted by Gasteiger charge is 2.38. The van der Waals surface area contributed by atoms with E-state index in [0.717, 1.165) is 46.1 Å². The van der Waals surface area contributed by atoms with Crippen molar-refractivity contribution in [3.05, 3.63) is 58.6 Å². The van der Waals surface area contributed by atoms with Crippen LogP contribution in [0.25, 0.3) is 10.9 Å². The second kappa shape index (κ2) is 8.96. The number of nitrogens with one attached hydrogen (secondary N) is 1. The minimum absolute atomic E-state index is 0.123. The molecule has 0 saturated heterocycles. The number of hydrogen-bond donors (Lipinski definition) is 1. The van der Waals surface area contributed by atoms with Crippen LogP contribution in [0, 0.1) is 5.92 Å². The zero-order valence-electron chi connectivity index (χ0n) is 19.3. The molecule has 0 radical (unpaired) electrons. The van der Waals surface area contributed by atoms with Gasteiger partial charge in [0.15, 0.2) is 11.5 Å². The number of aromatic amines is 1. The van der Waals surface area contributed by atoms with Gasteiger partial charge < -0.3 is 4.74 Å². The monoisotopic (exact) mass is 446 g/mol. The van der Waals surface area contributed by atoms with Crippen LogP contribution in [-0.4, -0.2) is 38.3 Å². The standard InChI is InChI=1S/C26H30N4O3/c1-3-33-26(32)22-14-20-11-16(2)24(25(30(20)29-22)18-7-5-4-6-8-18)23(31)13-17-9-10-21-19(12-17)15-27-28-21/h9-10,12,14-15,18,25H,3-8,11,13H2,1-2H3,(H,27,28). The van der Waals surface area contributed by atoms with Gasteiger partial charge in [0.05, 0.1) is 24.4 Å². The van der Waals surface area contributed by atoms with Gasteiger partial charge in [-0.1, -0.05) is 30.9 Å².